The van der Waals surface area contributed by atoms with Crippen molar-refractivity contribution in [1.82, 2.24) is 19.1 Å². The molecule has 0 fully saturated rings. The SMILES string of the molecule is C=C(CO)/C(=C\C(=C/N)c1ccc2ncc3c(c2c1)n(-c1ccc(OC)nc1OC)c(=O)n3C)OC. The Morgan fingerprint density at radius 3 is 2.61 bits per heavy atom. The number of nitrogens with two attached hydrogens (primary N) is 1. The number of hydrogen-bond acceptors (Lipinski definition) is 8. The number of rotatable bonds is 8. The number of aromatic nitrogens is 4. The predicted octanol–water partition coefficient (Wildman–Crippen LogP) is 2.67. The first-order chi connectivity index (χ1) is 17.4. The lowest BCUT2D eigenvalue weighted by Gasteiger charge is -2.12. The number of pyridine rings is 2. The van der Waals surface area contributed by atoms with Crippen LogP contribution < -0.4 is 20.9 Å². The molecule has 1 aromatic carbocycles. The van der Waals surface area contributed by atoms with Crippen LogP contribution in [0.4, 0.5) is 0 Å². The molecule has 3 aromatic heterocycles. The van der Waals surface area contributed by atoms with Gasteiger partial charge in [-0.2, -0.15) is 4.98 Å². The van der Waals surface area contributed by atoms with E-state index in [1.165, 1.54) is 32.1 Å². The summed E-state index contributed by atoms with van der Waals surface area (Å²) in [5.74, 6) is 1.000. The van der Waals surface area contributed by atoms with Crippen molar-refractivity contribution in [2.24, 2.45) is 12.8 Å². The van der Waals surface area contributed by atoms with Gasteiger partial charge in [0.1, 0.15) is 11.4 Å². The smallest absolute Gasteiger partial charge is 0.333 e. The van der Waals surface area contributed by atoms with Crippen LogP contribution in [0.25, 0.3) is 33.2 Å². The number of ether oxygens (including phenoxy) is 3. The van der Waals surface area contributed by atoms with Gasteiger partial charge in [-0.25, -0.2) is 4.79 Å². The number of aliphatic hydroxyl groups excluding tert-OH is 1. The predicted molar refractivity (Wildman–Crippen MR) is 138 cm³/mol. The lowest BCUT2D eigenvalue weighted by atomic mass is 10.0. The van der Waals surface area contributed by atoms with Crippen molar-refractivity contribution in [3.63, 3.8) is 0 Å². The number of aryl methyl sites for hydroxylation is 1. The van der Waals surface area contributed by atoms with Gasteiger partial charge in [0, 0.05) is 35.8 Å². The Labute approximate surface area is 207 Å². The van der Waals surface area contributed by atoms with Gasteiger partial charge in [0.2, 0.25) is 11.8 Å². The van der Waals surface area contributed by atoms with Gasteiger partial charge in [-0.1, -0.05) is 12.6 Å². The highest BCUT2D eigenvalue weighted by Gasteiger charge is 2.20. The van der Waals surface area contributed by atoms with Crippen molar-refractivity contribution >= 4 is 27.5 Å². The lowest BCUT2D eigenvalue weighted by molar-refractivity contribution is 0.273. The average Bonchev–Trinajstić information content (AvgIpc) is 3.18. The molecule has 4 aromatic rings. The van der Waals surface area contributed by atoms with E-state index in [9.17, 15) is 9.90 Å². The van der Waals surface area contributed by atoms with E-state index in [2.05, 4.69) is 16.5 Å². The molecule has 0 aliphatic heterocycles. The standard InChI is InChI=1S/C26H27N5O5/c1-15(14-32)22(34-3)11-17(12-27)16-6-7-19-18(10-16)24-21(13-28-19)30(2)26(33)31(24)20-8-9-23(35-4)29-25(20)36-5/h6-13,32H,1,14,27H2,2-5H3/b17-12+,22-11+. The Morgan fingerprint density at radius 1 is 1.19 bits per heavy atom. The van der Waals surface area contributed by atoms with Crippen LogP contribution in [0.2, 0.25) is 0 Å². The number of hydrogen-bond donors (Lipinski definition) is 2. The van der Waals surface area contributed by atoms with Crippen LogP contribution >= 0.6 is 0 Å². The molecule has 4 rings (SSSR count). The minimum absolute atomic E-state index is 0.239. The van der Waals surface area contributed by atoms with Crippen LogP contribution in [0.15, 0.2) is 71.5 Å². The first kappa shape index (κ1) is 24.6. The molecule has 0 radical (unpaired) electrons. The van der Waals surface area contributed by atoms with Gasteiger partial charge in [-0.05, 0) is 29.8 Å². The first-order valence-electron chi connectivity index (χ1n) is 10.9. The summed E-state index contributed by atoms with van der Waals surface area (Å²) in [6.07, 6.45) is 4.79. The summed E-state index contributed by atoms with van der Waals surface area (Å²) < 4.78 is 19.1. The number of benzene rings is 1. The van der Waals surface area contributed by atoms with Crippen LogP contribution in [0.5, 0.6) is 11.8 Å². The molecule has 0 bridgehead atoms. The Kier molecular flexibility index (Phi) is 6.80. The van der Waals surface area contributed by atoms with Crippen molar-refractivity contribution in [3.8, 4) is 17.4 Å². The number of aliphatic hydroxyl groups is 1. The third-order valence-corrected chi connectivity index (χ3v) is 5.90. The largest absolute Gasteiger partial charge is 0.496 e. The fourth-order valence-corrected chi connectivity index (χ4v) is 4.00. The van der Waals surface area contributed by atoms with Crippen LogP contribution in [0.1, 0.15) is 5.56 Å². The second-order valence-electron chi connectivity index (χ2n) is 7.88. The van der Waals surface area contributed by atoms with Crippen LogP contribution in [-0.4, -0.2) is 52.1 Å². The van der Waals surface area contributed by atoms with E-state index in [-0.39, 0.29) is 18.2 Å². The molecule has 0 saturated carbocycles. The molecule has 3 heterocycles. The maximum atomic E-state index is 13.4. The van der Waals surface area contributed by atoms with Gasteiger partial charge < -0.3 is 25.1 Å². The quantitative estimate of drug-likeness (QED) is 0.286. The van der Waals surface area contributed by atoms with E-state index in [1.807, 2.05) is 18.2 Å². The second kappa shape index (κ2) is 9.96. The zero-order valence-electron chi connectivity index (χ0n) is 20.5. The van der Waals surface area contributed by atoms with Crippen molar-refractivity contribution in [3.05, 3.63) is 82.8 Å². The Balaban J connectivity index is 2.03. The number of methoxy groups -OCH3 is 3. The van der Waals surface area contributed by atoms with Gasteiger partial charge in [0.25, 0.3) is 0 Å². The highest BCUT2D eigenvalue weighted by Crippen LogP contribution is 2.31. The fourth-order valence-electron chi connectivity index (χ4n) is 4.00. The Hall–Kier alpha value is -4.57. The Morgan fingerprint density at radius 2 is 1.97 bits per heavy atom. The second-order valence-corrected chi connectivity index (χ2v) is 7.88. The summed E-state index contributed by atoms with van der Waals surface area (Å²) in [4.78, 5) is 22.3. The first-order valence-corrected chi connectivity index (χ1v) is 10.9. The average molecular weight is 490 g/mol. The molecule has 0 unspecified atom stereocenters. The molecule has 0 aliphatic rings. The number of fused-ring (bicyclic) bond motifs is 3. The molecular weight excluding hydrogens is 462 g/mol. The monoisotopic (exact) mass is 489 g/mol. The molecule has 186 valence electrons. The van der Waals surface area contributed by atoms with Gasteiger partial charge >= 0.3 is 5.69 Å². The zero-order chi connectivity index (χ0) is 26.0. The Bertz CT molecular complexity index is 1600. The van der Waals surface area contributed by atoms with Crippen molar-refractivity contribution < 1.29 is 19.3 Å². The van der Waals surface area contributed by atoms with Crippen LogP contribution in [0, 0.1) is 0 Å². The topological polar surface area (TPSA) is 127 Å². The molecule has 36 heavy (non-hydrogen) atoms. The third kappa shape index (κ3) is 4.07. The molecule has 0 spiro atoms. The zero-order valence-corrected chi connectivity index (χ0v) is 20.5. The summed E-state index contributed by atoms with van der Waals surface area (Å²) in [5.41, 5.74) is 9.87. The third-order valence-electron chi connectivity index (χ3n) is 5.90. The molecule has 0 amide bonds. The van der Waals surface area contributed by atoms with Crippen molar-refractivity contribution in [2.45, 2.75) is 0 Å². The number of allylic oxidation sites excluding steroid dienone is 2. The van der Waals surface area contributed by atoms with E-state index >= 15 is 0 Å². The maximum Gasteiger partial charge on any atom is 0.333 e. The summed E-state index contributed by atoms with van der Waals surface area (Å²) in [7, 11) is 6.17. The van der Waals surface area contributed by atoms with Crippen molar-refractivity contribution in [1.29, 1.82) is 0 Å². The van der Waals surface area contributed by atoms with Gasteiger partial charge in [-0.3, -0.25) is 14.1 Å². The van der Waals surface area contributed by atoms with Gasteiger partial charge in [-0.15, -0.1) is 0 Å². The van der Waals surface area contributed by atoms with E-state index in [0.29, 0.717) is 50.4 Å². The minimum atomic E-state index is -0.287. The minimum Gasteiger partial charge on any atom is -0.496 e. The summed E-state index contributed by atoms with van der Waals surface area (Å²) >= 11 is 0. The molecule has 0 saturated heterocycles. The normalized spacial score (nSPS) is 12.2. The van der Waals surface area contributed by atoms with E-state index in [1.54, 1.807) is 36.0 Å². The molecule has 10 nitrogen and oxygen atoms in total. The van der Waals surface area contributed by atoms with Crippen LogP contribution in [0.3, 0.4) is 0 Å². The molecule has 3 N–H and O–H groups in total. The van der Waals surface area contributed by atoms with E-state index in [4.69, 9.17) is 19.9 Å². The molecule has 0 aliphatic carbocycles. The fraction of sp³-hybridized carbons (Fsp3) is 0.192. The van der Waals surface area contributed by atoms with E-state index < -0.39 is 0 Å². The summed E-state index contributed by atoms with van der Waals surface area (Å²) in [5, 5.41) is 10.2. The lowest BCUT2D eigenvalue weighted by Crippen LogP contribution is -2.21. The highest BCUT2D eigenvalue weighted by atomic mass is 16.5. The molecular formula is C26H27N5O5. The highest BCUT2D eigenvalue weighted by molar-refractivity contribution is 6.04. The van der Waals surface area contributed by atoms with E-state index in [0.717, 1.165) is 5.56 Å². The summed E-state index contributed by atoms with van der Waals surface area (Å²) in [6, 6.07) is 9.00. The van der Waals surface area contributed by atoms with Crippen molar-refractivity contribution in [2.75, 3.05) is 27.9 Å². The molecule has 0 atom stereocenters. The summed E-state index contributed by atoms with van der Waals surface area (Å²) in [6.45, 7) is 3.56. The van der Waals surface area contributed by atoms with Crippen LogP contribution in [-0.2, 0) is 11.8 Å². The number of nitrogens with zero attached hydrogens (tertiary/aromatic N) is 4. The van der Waals surface area contributed by atoms with Gasteiger partial charge in [0.15, 0.2) is 0 Å². The van der Waals surface area contributed by atoms with Gasteiger partial charge in [0.05, 0.1) is 50.7 Å². The number of imidazole rings is 1. The molecule has 10 heteroatoms. The maximum absolute atomic E-state index is 13.4.